The topological polar surface area (TPSA) is 17.1 Å². The van der Waals surface area contributed by atoms with E-state index >= 15 is 0 Å². The largest absolute Gasteiger partial charge is 0.294 e. The fourth-order valence-electron chi connectivity index (χ4n) is 1.26. The minimum absolute atomic E-state index is 0.00111. The Hall–Kier alpha value is -1.44. The van der Waals surface area contributed by atoms with E-state index in [4.69, 9.17) is 0 Å². The molecule has 0 fully saturated rings. The number of hydrogen-bond donors (Lipinski definition) is 0. The van der Waals surface area contributed by atoms with Gasteiger partial charge in [-0.1, -0.05) is 12.1 Å². The number of ketones is 1. The van der Waals surface area contributed by atoms with Crippen molar-refractivity contribution in [1.82, 2.24) is 0 Å². The Morgan fingerprint density at radius 3 is 2.86 bits per heavy atom. The van der Waals surface area contributed by atoms with Crippen LogP contribution in [0.2, 0.25) is 0 Å². The summed E-state index contributed by atoms with van der Waals surface area (Å²) < 4.78 is 12.9. The highest BCUT2D eigenvalue weighted by Gasteiger charge is 2.04. The van der Waals surface area contributed by atoms with E-state index in [1.165, 1.54) is 18.2 Å². The summed E-state index contributed by atoms with van der Waals surface area (Å²) >= 11 is 0. The molecule has 2 heteroatoms. The molecule has 14 heavy (non-hydrogen) atoms. The molecule has 1 rings (SSSR count). The number of carbonyl (C=O) groups excluding carboxylic acids is 1. The third kappa shape index (κ3) is 2.80. The molecule has 0 atom stereocenters. The summed E-state index contributed by atoms with van der Waals surface area (Å²) in [4.78, 5) is 11.3. The molecule has 0 aliphatic carbocycles. The first-order chi connectivity index (χ1) is 6.63. The molecule has 0 aliphatic rings. The first-order valence-corrected chi connectivity index (χ1v) is 4.54. The Kier molecular flexibility index (Phi) is 3.57. The van der Waals surface area contributed by atoms with Gasteiger partial charge in [0.05, 0.1) is 0 Å². The van der Waals surface area contributed by atoms with Gasteiger partial charge in [-0.3, -0.25) is 4.79 Å². The number of benzene rings is 1. The van der Waals surface area contributed by atoms with E-state index in [2.05, 4.69) is 0 Å². The molecule has 0 radical (unpaired) electrons. The second-order valence-corrected chi connectivity index (χ2v) is 3.21. The third-order valence-corrected chi connectivity index (χ3v) is 2.03. The Morgan fingerprint density at radius 1 is 1.50 bits per heavy atom. The molecule has 74 valence electrons. The van der Waals surface area contributed by atoms with E-state index in [0.29, 0.717) is 0 Å². The minimum Gasteiger partial charge on any atom is -0.294 e. The number of aryl methyl sites for hydroxylation is 1. The molecular weight excluding hydrogens is 179 g/mol. The van der Waals surface area contributed by atoms with E-state index in [9.17, 15) is 9.18 Å². The van der Waals surface area contributed by atoms with Gasteiger partial charge < -0.3 is 0 Å². The molecule has 0 spiro atoms. The van der Waals surface area contributed by atoms with Crippen LogP contribution in [0.5, 0.6) is 0 Å². The Balaban J connectivity index is 2.85. The molecule has 0 amide bonds. The van der Waals surface area contributed by atoms with Gasteiger partial charge in [-0.15, -0.1) is 0 Å². The summed E-state index contributed by atoms with van der Waals surface area (Å²) in [5.74, 6) is -0.292. The summed E-state index contributed by atoms with van der Waals surface area (Å²) in [7, 11) is 0. The zero-order valence-corrected chi connectivity index (χ0v) is 8.38. The lowest BCUT2D eigenvalue weighted by molar-refractivity contribution is -0.114. The lowest BCUT2D eigenvalue weighted by atomic mass is 10.0. The van der Waals surface area contributed by atoms with E-state index in [0.717, 1.165) is 11.1 Å². The molecule has 0 saturated carbocycles. The quantitative estimate of drug-likeness (QED) is 0.673. The van der Waals surface area contributed by atoms with Crippen LogP contribution in [0.1, 0.15) is 18.1 Å². The second kappa shape index (κ2) is 4.70. The fourth-order valence-corrected chi connectivity index (χ4v) is 1.26. The second-order valence-electron chi connectivity index (χ2n) is 3.21. The predicted molar refractivity (Wildman–Crippen MR) is 54.7 cm³/mol. The summed E-state index contributed by atoms with van der Waals surface area (Å²) in [6.07, 6.45) is 3.47. The smallest absolute Gasteiger partial charge is 0.159 e. The Morgan fingerprint density at radius 2 is 2.21 bits per heavy atom. The lowest BCUT2D eigenvalue weighted by Crippen LogP contribution is -2.00. The highest BCUT2D eigenvalue weighted by Crippen LogP contribution is 2.11. The molecule has 0 unspecified atom stereocenters. The normalized spacial score (nSPS) is 10.8. The maximum atomic E-state index is 12.9. The van der Waals surface area contributed by atoms with Crippen molar-refractivity contribution >= 4 is 5.78 Å². The monoisotopic (exact) mass is 192 g/mol. The highest BCUT2D eigenvalue weighted by molar-refractivity contribution is 5.91. The molecule has 0 bridgehead atoms. The summed E-state index contributed by atoms with van der Waals surface area (Å²) in [6.45, 7) is 3.66. The van der Waals surface area contributed by atoms with Crippen LogP contribution in [-0.4, -0.2) is 5.78 Å². The van der Waals surface area contributed by atoms with Crippen LogP contribution in [0.15, 0.2) is 30.4 Å². The van der Waals surface area contributed by atoms with Crippen LogP contribution in [0.25, 0.3) is 0 Å². The highest BCUT2D eigenvalue weighted by atomic mass is 19.1. The fraction of sp³-hybridized carbons (Fsp3) is 0.250. The van der Waals surface area contributed by atoms with Crippen LogP contribution >= 0.6 is 0 Å². The predicted octanol–water partition coefficient (Wildman–Crippen LogP) is 2.82. The van der Waals surface area contributed by atoms with Gasteiger partial charge in [-0.25, -0.2) is 4.39 Å². The van der Waals surface area contributed by atoms with Crippen molar-refractivity contribution < 1.29 is 9.18 Å². The van der Waals surface area contributed by atoms with Gasteiger partial charge in [0.15, 0.2) is 5.78 Å². The van der Waals surface area contributed by atoms with Gasteiger partial charge in [0.1, 0.15) is 5.82 Å². The van der Waals surface area contributed by atoms with Crippen molar-refractivity contribution in [2.75, 3.05) is 0 Å². The molecule has 0 saturated heterocycles. The molecule has 0 heterocycles. The van der Waals surface area contributed by atoms with Crippen molar-refractivity contribution in [3.63, 3.8) is 0 Å². The molecule has 1 aromatic rings. The molecular formula is C12H13FO. The number of halogens is 1. The zero-order chi connectivity index (χ0) is 10.6. The first-order valence-electron chi connectivity index (χ1n) is 4.54. The Bertz CT molecular complexity index is 367. The average Bonchev–Trinajstić information content (AvgIpc) is 2.12. The van der Waals surface area contributed by atoms with Gasteiger partial charge in [-0.05, 0) is 43.2 Å². The summed E-state index contributed by atoms with van der Waals surface area (Å²) in [6, 6.07) is 4.50. The van der Waals surface area contributed by atoms with Gasteiger partial charge in [0.2, 0.25) is 0 Å². The van der Waals surface area contributed by atoms with Crippen molar-refractivity contribution in [2.24, 2.45) is 0 Å². The molecule has 1 aromatic carbocycles. The number of hydrogen-bond acceptors (Lipinski definition) is 1. The number of allylic oxidation sites excluding steroid dienone is 2. The van der Waals surface area contributed by atoms with Crippen LogP contribution in [0.4, 0.5) is 4.39 Å². The zero-order valence-electron chi connectivity index (χ0n) is 8.38. The summed E-state index contributed by atoms with van der Waals surface area (Å²) in [5, 5.41) is 0. The third-order valence-electron chi connectivity index (χ3n) is 2.03. The number of carbonyl (C=O) groups is 1. The standard InChI is InChI=1S/C12H13FO/c1-3-4-12(14)8-10-7-11(13)6-5-9(10)2/h3-7H,8H2,1-2H3/b4-3+. The van der Waals surface area contributed by atoms with E-state index in [-0.39, 0.29) is 18.0 Å². The minimum atomic E-state index is -0.293. The molecule has 1 nitrogen and oxygen atoms in total. The van der Waals surface area contributed by atoms with Crippen LogP contribution < -0.4 is 0 Å². The van der Waals surface area contributed by atoms with E-state index in [1.54, 1.807) is 19.1 Å². The maximum absolute atomic E-state index is 12.9. The Labute approximate surface area is 83.3 Å². The van der Waals surface area contributed by atoms with Crippen molar-refractivity contribution in [3.05, 3.63) is 47.3 Å². The first kappa shape index (κ1) is 10.6. The van der Waals surface area contributed by atoms with Crippen molar-refractivity contribution in [2.45, 2.75) is 20.3 Å². The van der Waals surface area contributed by atoms with Crippen molar-refractivity contribution in [1.29, 1.82) is 0 Å². The van der Waals surface area contributed by atoms with Crippen LogP contribution in [0, 0.1) is 12.7 Å². The van der Waals surface area contributed by atoms with E-state index < -0.39 is 0 Å². The SMILES string of the molecule is C/C=C/C(=O)Cc1cc(F)ccc1C. The molecule has 0 aliphatic heterocycles. The van der Waals surface area contributed by atoms with Gasteiger partial charge in [0, 0.05) is 6.42 Å². The van der Waals surface area contributed by atoms with E-state index in [1.807, 2.05) is 6.92 Å². The molecule has 0 aromatic heterocycles. The molecule has 0 N–H and O–H groups in total. The van der Waals surface area contributed by atoms with Gasteiger partial charge in [0.25, 0.3) is 0 Å². The van der Waals surface area contributed by atoms with Gasteiger partial charge >= 0.3 is 0 Å². The summed E-state index contributed by atoms with van der Waals surface area (Å²) in [5.41, 5.74) is 1.71. The number of rotatable bonds is 3. The maximum Gasteiger partial charge on any atom is 0.159 e. The van der Waals surface area contributed by atoms with Crippen LogP contribution in [0.3, 0.4) is 0 Å². The van der Waals surface area contributed by atoms with Gasteiger partial charge in [-0.2, -0.15) is 0 Å². The van der Waals surface area contributed by atoms with Crippen molar-refractivity contribution in [3.8, 4) is 0 Å². The van der Waals surface area contributed by atoms with Crippen LogP contribution in [-0.2, 0) is 11.2 Å². The lowest BCUT2D eigenvalue weighted by Gasteiger charge is -2.02. The average molecular weight is 192 g/mol.